The Morgan fingerprint density at radius 3 is 2.53 bits per heavy atom. The minimum absolute atomic E-state index is 0.177. The van der Waals surface area contributed by atoms with Gasteiger partial charge in [0.2, 0.25) is 0 Å². The van der Waals surface area contributed by atoms with Crippen LogP contribution >= 0.6 is 0 Å². The van der Waals surface area contributed by atoms with Crippen LogP contribution in [0.15, 0.2) is 0 Å². The van der Waals surface area contributed by atoms with Gasteiger partial charge < -0.3 is 14.4 Å². The molecular weight excluding hydrogens is 239 g/mol. The molecule has 19 heavy (non-hydrogen) atoms. The summed E-state index contributed by atoms with van der Waals surface area (Å²) in [6.45, 7) is 11.1. The van der Waals surface area contributed by atoms with E-state index in [0.29, 0.717) is 17.3 Å². The molecule has 0 spiro atoms. The standard InChI is InChI=1S/C15H27BO3/c1-9(2)6-13(17)16-18-12-8-10-7-11(14(10,3)4)15(12,5)19-16/h9-13,17H,6-8H2,1-5H3/t10-,11-,12+,13-,15-/m0/s1. The minimum Gasteiger partial charge on any atom is -0.404 e. The molecular formula is C15H27BO3. The second-order valence-corrected chi connectivity index (χ2v) is 8.03. The predicted molar refractivity (Wildman–Crippen MR) is 75.6 cm³/mol. The summed E-state index contributed by atoms with van der Waals surface area (Å²) in [4.78, 5) is 0. The van der Waals surface area contributed by atoms with Crippen LogP contribution in [0.2, 0.25) is 0 Å². The molecule has 5 atom stereocenters. The Hall–Kier alpha value is -0.0551. The second kappa shape index (κ2) is 4.22. The van der Waals surface area contributed by atoms with Gasteiger partial charge in [0.05, 0.1) is 17.7 Å². The van der Waals surface area contributed by atoms with E-state index >= 15 is 0 Å². The van der Waals surface area contributed by atoms with E-state index in [9.17, 15) is 5.11 Å². The highest BCUT2D eigenvalue weighted by atomic mass is 16.7. The SMILES string of the molecule is CC(C)C[C@H](O)B1O[C@@H]2C[C@@H]3C[C@@H](C3(C)C)[C@]2(C)O1. The molecule has 4 aliphatic rings. The van der Waals surface area contributed by atoms with Crippen LogP contribution in [-0.4, -0.2) is 29.9 Å². The first-order valence-electron chi connectivity index (χ1n) is 7.76. The van der Waals surface area contributed by atoms with Gasteiger partial charge in [-0.3, -0.25) is 0 Å². The average Bonchev–Trinajstić information content (AvgIpc) is 2.64. The fourth-order valence-electron chi connectivity index (χ4n) is 4.66. The summed E-state index contributed by atoms with van der Waals surface area (Å²) >= 11 is 0. The first-order valence-corrected chi connectivity index (χ1v) is 7.76. The summed E-state index contributed by atoms with van der Waals surface area (Å²) in [5.74, 6) is 1.79. The van der Waals surface area contributed by atoms with Crippen molar-refractivity contribution in [3.63, 3.8) is 0 Å². The number of aliphatic hydroxyl groups excluding tert-OH is 1. The maximum Gasteiger partial charge on any atom is 0.488 e. The Morgan fingerprint density at radius 2 is 1.95 bits per heavy atom. The molecule has 3 aliphatic carbocycles. The molecule has 3 nitrogen and oxygen atoms in total. The van der Waals surface area contributed by atoms with Crippen LogP contribution in [0.25, 0.3) is 0 Å². The molecule has 3 saturated carbocycles. The molecule has 4 rings (SSSR count). The molecule has 0 radical (unpaired) electrons. The highest BCUT2D eigenvalue weighted by molar-refractivity contribution is 6.46. The fourth-order valence-corrected chi connectivity index (χ4v) is 4.66. The first-order chi connectivity index (χ1) is 8.75. The largest absolute Gasteiger partial charge is 0.488 e. The van der Waals surface area contributed by atoms with Crippen molar-refractivity contribution < 1.29 is 14.4 Å². The highest BCUT2D eigenvalue weighted by Crippen LogP contribution is 2.65. The van der Waals surface area contributed by atoms with Crippen molar-refractivity contribution in [2.75, 3.05) is 0 Å². The molecule has 0 aromatic heterocycles. The van der Waals surface area contributed by atoms with Gasteiger partial charge in [-0.05, 0) is 49.4 Å². The number of rotatable bonds is 3. The van der Waals surface area contributed by atoms with E-state index in [1.165, 1.54) is 6.42 Å². The third-order valence-electron chi connectivity index (χ3n) is 6.00. The van der Waals surface area contributed by atoms with Gasteiger partial charge in [-0.2, -0.15) is 0 Å². The van der Waals surface area contributed by atoms with Gasteiger partial charge in [0.15, 0.2) is 0 Å². The van der Waals surface area contributed by atoms with Crippen molar-refractivity contribution >= 4 is 7.12 Å². The normalized spacial score (nSPS) is 45.0. The van der Waals surface area contributed by atoms with Crippen molar-refractivity contribution in [2.45, 2.75) is 71.6 Å². The van der Waals surface area contributed by atoms with E-state index in [-0.39, 0.29) is 11.7 Å². The Morgan fingerprint density at radius 1 is 1.26 bits per heavy atom. The molecule has 4 fully saturated rings. The third kappa shape index (κ3) is 1.90. The Labute approximate surface area is 117 Å². The van der Waals surface area contributed by atoms with Crippen LogP contribution in [0, 0.1) is 23.2 Å². The van der Waals surface area contributed by atoms with Crippen LogP contribution in [-0.2, 0) is 9.31 Å². The summed E-state index contributed by atoms with van der Waals surface area (Å²) in [6, 6.07) is -0.497. The van der Waals surface area contributed by atoms with Gasteiger partial charge in [0, 0.05) is 0 Å². The minimum atomic E-state index is -0.497. The number of hydrogen-bond acceptors (Lipinski definition) is 3. The lowest BCUT2D eigenvalue weighted by Gasteiger charge is -2.64. The van der Waals surface area contributed by atoms with Crippen LogP contribution in [0.3, 0.4) is 0 Å². The molecule has 1 aliphatic heterocycles. The fraction of sp³-hybridized carbons (Fsp3) is 1.00. The maximum atomic E-state index is 10.3. The zero-order valence-corrected chi connectivity index (χ0v) is 12.8. The quantitative estimate of drug-likeness (QED) is 0.798. The van der Waals surface area contributed by atoms with Crippen molar-refractivity contribution in [3.05, 3.63) is 0 Å². The smallest absolute Gasteiger partial charge is 0.404 e. The summed E-state index contributed by atoms with van der Waals surface area (Å²) in [5.41, 5.74) is 0.174. The predicted octanol–water partition coefficient (Wildman–Crippen LogP) is 2.66. The molecule has 0 aromatic rings. The summed E-state index contributed by atoms with van der Waals surface area (Å²) < 4.78 is 12.3. The van der Waals surface area contributed by atoms with Gasteiger partial charge >= 0.3 is 7.12 Å². The van der Waals surface area contributed by atoms with Crippen molar-refractivity contribution in [1.29, 1.82) is 0 Å². The van der Waals surface area contributed by atoms with Crippen LogP contribution in [0.1, 0.15) is 53.9 Å². The lowest BCUT2D eigenvalue weighted by atomic mass is 9.43. The first kappa shape index (κ1) is 13.9. The lowest BCUT2D eigenvalue weighted by molar-refractivity contribution is -0.199. The number of hydrogen-bond donors (Lipinski definition) is 1. The van der Waals surface area contributed by atoms with E-state index in [1.807, 2.05) is 0 Å². The number of aliphatic hydroxyl groups is 1. The Balaban J connectivity index is 1.74. The van der Waals surface area contributed by atoms with E-state index in [4.69, 9.17) is 9.31 Å². The third-order valence-corrected chi connectivity index (χ3v) is 6.00. The van der Waals surface area contributed by atoms with Crippen LogP contribution in [0.5, 0.6) is 0 Å². The molecule has 108 valence electrons. The summed E-state index contributed by atoms with van der Waals surface area (Å²) in [6.07, 6.45) is 3.27. The van der Waals surface area contributed by atoms with E-state index in [1.54, 1.807) is 0 Å². The van der Waals surface area contributed by atoms with E-state index < -0.39 is 13.1 Å². The molecule has 4 heteroatoms. The Kier molecular flexibility index (Phi) is 3.09. The van der Waals surface area contributed by atoms with Gasteiger partial charge in [0.1, 0.15) is 0 Å². The molecule has 2 bridgehead atoms. The zero-order chi connectivity index (χ0) is 14.0. The van der Waals surface area contributed by atoms with E-state index in [0.717, 1.165) is 18.8 Å². The zero-order valence-electron chi connectivity index (χ0n) is 12.8. The molecule has 0 unspecified atom stereocenters. The van der Waals surface area contributed by atoms with Gasteiger partial charge in [-0.25, -0.2) is 0 Å². The van der Waals surface area contributed by atoms with Crippen molar-refractivity contribution in [2.24, 2.45) is 23.2 Å². The average molecular weight is 266 g/mol. The van der Waals surface area contributed by atoms with Crippen LogP contribution < -0.4 is 0 Å². The van der Waals surface area contributed by atoms with Crippen molar-refractivity contribution in [3.8, 4) is 0 Å². The lowest BCUT2D eigenvalue weighted by Crippen LogP contribution is -2.65. The van der Waals surface area contributed by atoms with Crippen LogP contribution in [0.4, 0.5) is 0 Å². The molecule has 1 saturated heterocycles. The molecule has 0 amide bonds. The summed E-state index contributed by atoms with van der Waals surface area (Å²) in [5, 5.41) is 10.3. The summed E-state index contributed by atoms with van der Waals surface area (Å²) in [7, 11) is -0.424. The second-order valence-electron chi connectivity index (χ2n) is 8.03. The van der Waals surface area contributed by atoms with Crippen molar-refractivity contribution in [1.82, 2.24) is 0 Å². The van der Waals surface area contributed by atoms with Gasteiger partial charge in [-0.1, -0.05) is 27.7 Å². The molecule has 1 N–H and O–H groups in total. The van der Waals surface area contributed by atoms with E-state index in [2.05, 4.69) is 34.6 Å². The molecule has 0 aromatic carbocycles. The monoisotopic (exact) mass is 266 g/mol. The molecule has 1 heterocycles. The highest BCUT2D eigenvalue weighted by Gasteiger charge is 2.68. The maximum absolute atomic E-state index is 10.3. The topological polar surface area (TPSA) is 38.7 Å². The van der Waals surface area contributed by atoms with Gasteiger partial charge in [-0.15, -0.1) is 0 Å². The Bertz CT molecular complexity index is 370. The van der Waals surface area contributed by atoms with Gasteiger partial charge in [0.25, 0.3) is 0 Å².